The molecule has 10 heteroatoms. The lowest BCUT2D eigenvalue weighted by atomic mass is 9.96. The molecule has 0 aliphatic carbocycles. The van der Waals surface area contributed by atoms with E-state index >= 15 is 0 Å². The number of amides is 2. The number of aromatic nitrogens is 2. The molecule has 0 bridgehead atoms. The van der Waals surface area contributed by atoms with Crippen molar-refractivity contribution in [1.82, 2.24) is 23.9 Å². The lowest BCUT2D eigenvalue weighted by molar-refractivity contribution is -0.138. The van der Waals surface area contributed by atoms with E-state index < -0.39 is 10.0 Å². The van der Waals surface area contributed by atoms with E-state index in [1.807, 2.05) is 15.6 Å². The van der Waals surface area contributed by atoms with Gasteiger partial charge in [-0.3, -0.25) is 14.3 Å². The van der Waals surface area contributed by atoms with Crippen molar-refractivity contribution in [3.05, 3.63) is 17.5 Å². The molecule has 0 spiro atoms. The number of nitrogens with zero attached hydrogens (tertiary/aromatic N) is 5. The van der Waals surface area contributed by atoms with Gasteiger partial charge < -0.3 is 9.80 Å². The maximum Gasteiger partial charge on any atom is 0.274 e. The Morgan fingerprint density at radius 2 is 1.62 bits per heavy atom. The zero-order valence-corrected chi connectivity index (χ0v) is 17.7. The molecule has 0 N–H and O–H groups in total. The molecule has 3 aliphatic rings. The fourth-order valence-corrected chi connectivity index (χ4v) is 5.38. The summed E-state index contributed by atoms with van der Waals surface area (Å²) in [5.41, 5.74) is 1.64. The molecule has 4 rings (SSSR count). The Hall–Kier alpha value is -1.94. The van der Waals surface area contributed by atoms with Gasteiger partial charge in [0.2, 0.25) is 15.9 Å². The van der Waals surface area contributed by atoms with Crippen molar-refractivity contribution in [3.63, 3.8) is 0 Å². The third-order valence-electron chi connectivity index (χ3n) is 6.29. The number of piperidine rings is 1. The number of carbonyl (C=O) groups excluding carboxylic acids is 2. The summed E-state index contributed by atoms with van der Waals surface area (Å²) in [5.74, 6) is -0.0988. The molecule has 0 saturated carbocycles. The molecular formula is C19H29N5O4S. The van der Waals surface area contributed by atoms with Crippen LogP contribution in [0.4, 0.5) is 0 Å². The first-order valence-corrected chi connectivity index (χ1v) is 12.3. The van der Waals surface area contributed by atoms with Crippen molar-refractivity contribution >= 4 is 21.8 Å². The van der Waals surface area contributed by atoms with E-state index in [0.717, 1.165) is 31.5 Å². The summed E-state index contributed by atoms with van der Waals surface area (Å²) in [6, 6.07) is 1.91. The van der Waals surface area contributed by atoms with Gasteiger partial charge in [-0.2, -0.15) is 5.10 Å². The van der Waals surface area contributed by atoms with Gasteiger partial charge in [0, 0.05) is 57.4 Å². The molecule has 0 unspecified atom stereocenters. The Bertz CT molecular complexity index is 857. The van der Waals surface area contributed by atoms with Crippen LogP contribution < -0.4 is 0 Å². The van der Waals surface area contributed by atoms with Crippen molar-refractivity contribution in [1.29, 1.82) is 0 Å². The number of fused-ring (bicyclic) bond motifs is 1. The van der Waals surface area contributed by atoms with Gasteiger partial charge in [0.05, 0.1) is 6.26 Å². The second-order valence-corrected chi connectivity index (χ2v) is 10.2. The van der Waals surface area contributed by atoms with Crippen LogP contribution in [0, 0.1) is 5.92 Å². The number of hydrogen-bond acceptors (Lipinski definition) is 5. The number of rotatable bonds is 3. The van der Waals surface area contributed by atoms with Crippen LogP contribution in [0.1, 0.15) is 41.9 Å². The van der Waals surface area contributed by atoms with Gasteiger partial charge in [0.1, 0.15) is 0 Å². The highest BCUT2D eigenvalue weighted by Gasteiger charge is 2.33. The fourth-order valence-electron chi connectivity index (χ4n) is 4.51. The van der Waals surface area contributed by atoms with Gasteiger partial charge in [-0.15, -0.1) is 0 Å². The average Bonchev–Trinajstić information content (AvgIpc) is 3.16. The monoisotopic (exact) mass is 423 g/mol. The van der Waals surface area contributed by atoms with Crippen molar-refractivity contribution in [2.24, 2.45) is 5.92 Å². The van der Waals surface area contributed by atoms with Crippen LogP contribution >= 0.6 is 0 Å². The summed E-state index contributed by atoms with van der Waals surface area (Å²) in [6.45, 7) is 3.74. The van der Waals surface area contributed by atoms with E-state index in [2.05, 4.69) is 5.10 Å². The highest BCUT2D eigenvalue weighted by atomic mass is 32.2. The highest BCUT2D eigenvalue weighted by Crippen LogP contribution is 2.22. The summed E-state index contributed by atoms with van der Waals surface area (Å²) >= 11 is 0. The van der Waals surface area contributed by atoms with Gasteiger partial charge in [-0.25, -0.2) is 12.7 Å². The minimum atomic E-state index is -3.19. The summed E-state index contributed by atoms with van der Waals surface area (Å²) in [7, 11) is -3.19. The molecule has 2 amide bonds. The van der Waals surface area contributed by atoms with E-state index in [0.29, 0.717) is 57.8 Å². The molecule has 9 nitrogen and oxygen atoms in total. The predicted octanol–water partition coefficient (Wildman–Crippen LogP) is 0.175. The molecule has 4 heterocycles. The van der Waals surface area contributed by atoms with E-state index in [1.54, 1.807) is 4.90 Å². The fraction of sp³-hybridized carbons (Fsp3) is 0.737. The Balaban J connectivity index is 1.29. The molecule has 2 fully saturated rings. The first-order valence-electron chi connectivity index (χ1n) is 10.4. The molecule has 1 aromatic rings. The molecule has 3 aliphatic heterocycles. The van der Waals surface area contributed by atoms with Crippen LogP contribution in [0.2, 0.25) is 0 Å². The van der Waals surface area contributed by atoms with Gasteiger partial charge in [-0.05, 0) is 38.2 Å². The molecule has 29 heavy (non-hydrogen) atoms. The smallest absolute Gasteiger partial charge is 0.274 e. The zero-order valence-electron chi connectivity index (χ0n) is 16.9. The molecule has 0 radical (unpaired) electrons. The second kappa shape index (κ2) is 8.06. The maximum absolute atomic E-state index is 12.8. The third-order valence-corrected chi connectivity index (χ3v) is 7.59. The standard InChI is InChI=1S/C19H29N5O4S/c1-29(27,28)23-8-5-15(6-9-23)18(25)21-10-12-22(13-11-21)19(26)17-14-16-4-2-3-7-24(16)20-17/h14-15H,2-13H2,1H3. The molecular weight excluding hydrogens is 394 g/mol. The summed E-state index contributed by atoms with van der Waals surface area (Å²) < 4.78 is 26.7. The van der Waals surface area contributed by atoms with Gasteiger partial charge in [-0.1, -0.05) is 0 Å². The minimum Gasteiger partial charge on any atom is -0.339 e. The number of carbonyl (C=O) groups is 2. The van der Waals surface area contributed by atoms with Gasteiger partial charge in [0.15, 0.2) is 5.69 Å². The minimum absolute atomic E-state index is 0.0551. The SMILES string of the molecule is CS(=O)(=O)N1CCC(C(=O)N2CCN(C(=O)c3cc4n(n3)CCCC4)CC2)CC1. The van der Waals surface area contributed by atoms with Crippen molar-refractivity contribution in [3.8, 4) is 0 Å². The first kappa shape index (κ1) is 20.3. The Morgan fingerprint density at radius 1 is 0.966 bits per heavy atom. The van der Waals surface area contributed by atoms with Gasteiger partial charge >= 0.3 is 0 Å². The van der Waals surface area contributed by atoms with E-state index in [1.165, 1.54) is 10.6 Å². The first-order chi connectivity index (χ1) is 13.8. The summed E-state index contributed by atoms with van der Waals surface area (Å²) in [5, 5.41) is 4.47. The lowest BCUT2D eigenvalue weighted by Gasteiger charge is -2.38. The second-order valence-electron chi connectivity index (χ2n) is 8.25. The van der Waals surface area contributed by atoms with Crippen molar-refractivity contribution < 1.29 is 18.0 Å². The number of sulfonamides is 1. The molecule has 0 aromatic carbocycles. The van der Waals surface area contributed by atoms with Crippen LogP contribution in [0.3, 0.4) is 0 Å². The molecule has 160 valence electrons. The topological polar surface area (TPSA) is 95.8 Å². The summed E-state index contributed by atoms with van der Waals surface area (Å²) in [6.07, 6.45) is 5.55. The zero-order chi connectivity index (χ0) is 20.6. The predicted molar refractivity (Wildman–Crippen MR) is 107 cm³/mol. The number of aryl methyl sites for hydroxylation is 2. The lowest BCUT2D eigenvalue weighted by Crippen LogP contribution is -2.53. The number of hydrogen-bond donors (Lipinski definition) is 0. The normalized spacial score (nSPS) is 21.8. The van der Waals surface area contributed by atoms with Crippen molar-refractivity contribution in [2.75, 3.05) is 45.5 Å². The van der Waals surface area contributed by atoms with Gasteiger partial charge in [0.25, 0.3) is 5.91 Å². The van der Waals surface area contributed by atoms with E-state index in [4.69, 9.17) is 0 Å². The Labute approximate surface area is 171 Å². The Kier molecular flexibility index (Phi) is 5.65. The Morgan fingerprint density at radius 3 is 2.24 bits per heavy atom. The van der Waals surface area contributed by atoms with Crippen LogP contribution in [-0.2, 0) is 27.8 Å². The van der Waals surface area contributed by atoms with Crippen LogP contribution in [0.15, 0.2) is 6.07 Å². The molecule has 2 saturated heterocycles. The van der Waals surface area contributed by atoms with E-state index in [9.17, 15) is 18.0 Å². The maximum atomic E-state index is 12.8. The largest absolute Gasteiger partial charge is 0.339 e. The average molecular weight is 424 g/mol. The van der Waals surface area contributed by atoms with Crippen molar-refractivity contribution in [2.45, 2.75) is 38.6 Å². The van der Waals surface area contributed by atoms with Crippen LogP contribution in [0.25, 0.3) is 0 Å². The molecule has 1 aromatic heterocycles. The van der Waals surface area contributed by atoms with Crippen LogP contribution in [-0.4, -0.2) is 89.6 Å². The van der Waals surface area contributed by atoms with E-state index in [-0.39, 0.29) is 17.7 Å². The highest BCUT2D eigenvalue weighted by molar-refractivity contribution is 7.88. The molecule has 0 atom stereocenters. The van der Waals surface area contributed by atoms with Crippen LogP contribution in [0.5, 0.6) is 0 Å². The summed E-state index contributed by atoms with van der Waals surface area (Å²) in [4.78, 5) is 29.2. The quantitative estimate of drug-likeness (QED) is 0.691. The third kappa shape index (κ3) is 4.32. The number of piperazine rings is 1.